The summed E-state index contributed by atoms with van der Waals surface area (Å²) in [7, 11) is 0. The fourth-order valence-electron chi connectivity index (χ4n) is 2.62. The molecule has 1 aromatic carbocycles. The van der Waals surface area contributed by atoms with Crippen LogP contribution in [0.1, 0.15) is 13.3 Å². The molecule has 1 heterocycles. The van der Waals surface area contributed by atoms with Crippen molar-refractivity contribution in [3.63, 3.8) is 0 Å². The number of hydrogen-bond donors (Lipinski definition) is 1. The predicted molar refractivity (Wildman–Crippen MR) is 81.7 cm³/mol. The van der Waals surface area contributed by atoms with Gasteiger partial charge in [-0.15, -0.1) is 0 Å². The zero-order chi connectivity index (χ0) is 14.9. The number of piperidine rings is 1. The minimum Gasteiger partial charge on any atom is -0.369 e. The van der Waals surface area contributed by atoms with Crippen LogP contribution in [0.15, 0.2) is 12.1 Å². The van der Waals surface area contributed by atoms with Gasteiger partial charge < -0.3 is 10.6 Å². The summed E-state index contributed by atoms with van der Waals surface area (Å²) < 4.78 is 0. The molecule has 110 valence electrons. The summed E-state index contributed by atoms with van der Waals surface area (Å²) in [6, 6.07) is 2.69. The summed E-state index contributed by atoms with van der Waals surface area (Å²) in [6.07, 6.45) is 1.01. The average molecular weight is 318 g/mol. The Bertz CT molecular complexity index is 501. The van der Waals surface area contributed by atoms with Gasteiger partial charge in [0.15, 0.2) is 0 Å². The minimum atomic E-state index is -0.498. The SMILES string of the molecule is CC1CCN(c2c(Cl)cc([N+](=O)[O-])cc2Cl)CC1CN. The second kappa shape index (κ2) is 6.16. The van der Waals surface area contributed by atoms with E-state index in [9.17, 15) is 10.1 Å². The van der Waals surface area contributed by atoms with Crippen molar-refractivity contribution in [1.82, 2.24) is 0 Å². The quantitative estimate of drug-likeness (QED) is 0.685. The lowest BCUT2D eigenvalue weighted by Crippen LogP contribution is -2.42. The van der Waals surface area contributed by atoms with E-state index in [0.717, 1.165) is 19.5 Å². The standard InChI is InChI=1S/C13H17Cl2N3O2/c1-8-2-3-17(7-9(8)6-16)13-11(14)4-10(18(19)20)5-12(13)15/h4-5,8-9H,2-3,6-7,16H2,1H3. The maximum atomic E-state index is 10.8. The van der Waals surface area contributed by atoms with Crippen molar-refractivity contribution in [2.75, 3.05) is 24.5 Å². The van der Waals surface area contributed by atoms with Crippen molar-refractivity contribution in [1.29, 1.82) is 0 Å². The monoisotopic (exact) mass is 317 g/mol. The number of non-ortho nitro benzene ring substituents is 1. The highest BCUT2D eigenvalue weighted by Gasteiger charge is 2.28. The van der Waals surface area contributed by atoms with Gasteiger partial charge in [0.05, 0.1) is 20.7 Å². The molecule has 0 saturated carbocycles. The molecule has 0 amide bonds. The van der Waals surface area contributed by atoms with E-state index in [4.69, 9.17) is 28.9 Å². The molecule has 1 aromatic rings. The lowest BCUT2D eigenvalue weighted by molar-refractivity contribution is -0.384. The van der Waals surface area contributed by atoms with Crippen LogP contribution in [0.4, 0.5) is 11.4 Å². The van der Waals surface area contributed by atoms with Gasteiger partial charge >= 0.3 is 0 Å². The Kier molecular flexibility index (Phi) is 4.73. The maximum absolute atomic E-state index is 10.8. The number of nitrogens with zero attached hydrogens (tertiary/aromatic N) is 2. The van der Waals surface area contributed by atoms with Crippen LogP contribution in [0.3, 0.4) is 0 Å². The van der Waals surface area contributed by atoms with Gasteiger partial charge in [0.25, 0.3) is 5.69 Å². The van der Waals surface area contributed by atoms with Gasteiger partial charge in [-0.25, -0.2) is 0 Å². The first-order chi connectivity index (χ1) is 9.43. The number of halogens is 2. The molecule has 1 fully saturated rings. The van der Waals surface area contributed by atoms with Crippen molar-refractivity contribution in [3.8, 4) is 0 Å². The van der Waals surface area contributed by atoms with Gasteiger partial charge in [-0.1, -0.05) is 30.1 Å². The highest BCUT2D eigenvalue weighted by atomic mass is 35.5. The van der Waals surface area contributed by atoms with Gasteiger partial charge in [0.1, 0.15) is 0 Å². The van der Waals surface area contributed by atoms with E-state index in [-0.39, 0.29) is 5.69 Å². The number of nitro benzene ring substituents is 1. The maximum Gasteiger partial charge on any atom is 0.272 e. The largest absolute Gasteiger partial charge is 0.369 e. The lowest BCUT2D eigenvalue weighted by atomic mass is 9.87. The van der Waals surface area contributed by atoms with E-state index in [0.29, 0.717) is 34.1 Å². The molecule has 1 aliphatic rings. The highest BCUT2D eigenvalue weighted by molar-refractivity contribution is 6.39. The summed E-state index contributed by atoms with van der Waals surface area (Å²) in [5, 5.41) is 11.4. The molecule has 0 radical (unpaired) electrons. The second-order valence-electron chi connectivity index (χ2n) is 5.22. The van der Waals surface area contributed by atoms with Gasteiger partial charge in [0.2, 0.25) is 0 Å². The molecule has 5 nitrogen and oxygen atoms in total. The normalized spacial score (nSPS) is 22.9. The van der Waals surface area contributed by atoms with Crippen LogP contribution in [-0.4, -0.2) is 24.6 Å². The van der Waals surface area contributed by atoms with Crippen LogP contribution in [0.2, 0.25) is 10.0 Å². The van der Waals surface area contributed by atoms with Crippen LogP contribution in [0.5, 0.6) is 0 Å². The zero-order valence-corrected chi connectivity index (χ0v) is 12.7. The van der Waals surface area contributed by atoms with Crippen LogP contribution in [-0.2, 0) is 0 Å². The first-order valence-corrected chi connectivity index (χ1v) is 7.28. The summed E-state index contributed by atoms with van der Waals surface area (Å²) in [4.78, 5) is 12.4. The van der Waals surface area contributed by atoms with E-state index in [1.165, 1.54) is 12.1 Å². The molecule has 0 bridgehead atoms. The fourth-order valence-corrected chi connectivity index (χ4v) is 3.33. The summed E-state index contributed by atoms with van der Waals surface area (Å²) in [6.45, 7) is 4.40. The molecular formula is C13H17Cl2N3O2. The summed E-state index contributed by atoms with van der Waals surface area (Å²) >= 11 is 12.4. The van der Waals surface area contributed by atoms with Crippen LogP contribution >= 0.6 is 23.2 Å². The number of rotatable bonds is 3. The van der Waals surface area contributed by atoms with Crippen molar-refractivity contribution < 1.29 is 4.92 Å². The Morgan fingerprint density at radius 1 is 1.45 bits per heavy atom. The number of nitrogens with two attached hydrogens (primary N) is 1. The third-order valence-corrected chi connectivity index (χ3v) is 4.52. The molecule has 2 unspecified atom stereocenters. The van der Waals surface area contributed by atoms with Crippen molar-refractivity contribution in [3.05, 3.63) is 32.3 Å². The topological polar surface area (TPSA) is 72.4 Å². The molecular weight excluding hydrogens is 301 g/mol. The summed E-state index contributed by atoms with van der Waals surface area (Å²) in [5.74, 6) is 0.943. The van der Waals surface area contributed by atoms with E-state index in [1.807, 2.05) is 0 Å². The van der Waals surface area contributed by atoms with Crippen LogP contribution in [0.25, 0.3) is 0 Å². The highest BCUT2D eigenvalue weighted by Crippen LogP contribution is 2.39. The number of hydrogen-bond acceptors (Lipinski definition) is 4. The summed E-state index contributed by atoms with van der Waals surface area (Å²) in [5.41, 5.74) is 6.37. The average Bonchev–Trinajstić information content (AvgIpc) is 2.39. The molecule has 0 aromatic heterocycles. The van der Waals surface area contributed by atoms with Crippen molar-refractivity contribution in [2.24, 2.45) is 17.6 Å². The molecule has 7 heteroatoms. The second-order valence-corrected chi connectivity index (χ2v) is 6.04. The third-order valence-electron chi connectivity index (χ3n) is 3.95. The predicted octanol–water partition coefficient (Wildman–Crippen LogP) is 3.32. The Morgan fingerprint density at radius 3 is 2.55 bits per heavy atom. The van der Waals surface area contributed by atoms with Gasteiger partial charge in [-0.3, -0.25) is 10.1 Å². The minimum absolute atomic E-state index is 0.0931. The lowest BCUT2D eigenvalue weighted by Gasteiger charge is -2.38. The zero-order valence-electron chi connectivity index (χ0n) is 11.2. The van der Waals surface area contributed by atoms with E-state index >= 15 is 0 Å². The molecule has 1 saturated heterocycles. The number of benzene rings is 1. The molecule has 20 heavy (non-hydrogen) atoms. The first kappa shape index (κ1) is 15.4. The molecule has 1 aliphatic heterocycles. The smallest absolute Gasteiger partial charge is 0.272 e. The molecule has 0 aliphatic carbocycles. The number of anilines is 1. The van der Waals surface area contributed by atoms with Crippen molar-refractivity contribution >= 4 is 34.6 Å². The van der Waals surface area contributed by atoms with Gasteiger partial charge in [-0.2, -0.15) is 0 Å². The van der Waals surface area contributed by atoms with E-state index in [1.54, 1.807) is 0 Å². The molecule has 0 spiro atoms. The Hall–Kier alpha value is -1.04. The van der Waals surface area contributed by atoms with Gasteiger partial charge in [-0.05, 0) is 24.8 Å². The number of nitro groups is 1. The van der Waals surface area contributed by atoms with Crippen molar-refractivity contribution in [2.45, 2.75) is 13.3 Å². The van der Waals surface area contributed by atoms with Crippen LogP contribution in [0, 0.1) is 22.0 Å². The third kappa shape index (κ3) is 3.00. The van der Waals surface area contributed by atoms with E-state index in [2.05, 4.69) is 11.8 Å². The fraction of sp³-hybridized carbons (Fsp3) is 0.538. The van der Waals surface area contributed by atoms with Crippen LogP contribution < -0.4 is 10.6 Å². The van der Waals surface area contributed by atoms with Gasteiger partial charge in [0, 0.05) is 25.2 Å². The Balaban J connectivity index is 2.31. The molecule has 2 atom stereocenters. The Labute approximate surface area is 127 Å². The molecule has 2 rings (SSSR count). The first-order valence-electron chi connectivity index (χ1n) is 6.52. The Morgan fingerprint density at radius 2 is 2.05 bits per heavy atom. The van der Waals surface area contributed by atoms with E-state index < -0.39 is 4.92 Å². The molecule has 2 N–H and O–H groups in total.